The number of benzene rings is 1. The van der Waals surface area contributed by atoms with Crippen LogP contribution in [0, 0.1) is 13.8 Å². The number of nitrogens with one attached hydrogen (secondary N) is 1. The number of fused-ring (bicyclic) bond motifs is 2. The van der Waals surface area contributed by atoms with Crippen molar-refractivity contribution in [2.45, 2.75) is 50.9 Å². The minimum Gasteiger partial charge on any atom is -0.377 e. The second-order valence-electron chi connectivity index (χ2n) is 5.89. The number of Topliss-reactive ketones (excluding diaryl/α,β-unsaturated/α-hetero) is 1. The van der Waals surface area contributed by atoms with Gasteiger partial charge in [0.2, 0.25) is 5.78 Å². The van der Waals surface area contributed by atoms with E-state index in [-0.39, 0.29) is 5.78 Å². The molecule has 3 N–H and O–H groups in total. The average Bonchev–Trinajstić information content (AvgIpc) is 2.34. The average molecular weight is 261 g/mol. The molecule has 4 nitrogen and oxygen atoms in total. The lowest BCUT2D eigenvalue weighted by molar-refractivity contribution is -0.133. The summed E-state index contributed by atoms with van der Waals surface area (Å²) in [5.74, 6) is -0.352. The zero-order chi connectivity index (χ0) is 13.8. The van der Waals surface area contributed by atoms with Gasteiger partial charge in [0.15, 0.2) is 11.3 Å². The molecule has 1 aromatic rings. The predicted molar refractivity (Wildman–Crippen MR) is 72.2 cm³/mol. The number of rotatable bonds is 0. The van der Waals surface area contributed by atoms with E-state index < -0.39 is 11.3 Å². The lowest BCUT2D eigenvalue weighted by Crippen LogP contribution is -2.67. The third-order valence-corrected chi connectivity index (χ3v) is 4.44. The van der Waals surface area contributed by atoms with Crippen LogP contribution in [0.25, 0.3) is 0 Å². The summed E-state index contributed by atoms with van der Waals surface area (Å²) >= 11 is 0. The molecule has 102 valence electrons. The van der Waals surface area contributed by atoms with Crippen molar-refractivity contribution < 1.29 is 15.0 Å². The summed E-state index contributed by atoms with van der Waals surface area (Å²) in [7, 11) is 0. The number of aryl methyl sites for hydroxylation is 2. The molecule has 0 saturated heterocycles. The van der Waals surface area contributed by atoms with Gasteiger partial charge in [0.1, 0.15) is 0 Å². The van der Waals surface area contributed by atoms with Gasteiger partial charge in [-0.05, 0) is 56.7 Å². The van der Waals surface area contributed by atoms with E-state index in [1.54, 1.807) is 6.07 Å². The Morgan fingerprint density at radius 1 is 1.16 bits per heavy atom. The number of anilines is 1. The van der Waals surface area contributed by atoms with Crippen LogP contribution in [-0.2, 0) is 0 Å². The Bertz CT molecular complexity index is 569. The summed E-state index contributed by atoms with van der Waals surface area (Å²) in [5, 5.41) is 24.4. The molecule has 2 unspecified atom stereocenters. The molecule has 19 heavy (non-hydrogen) atoms. The van der Waals surface area contributed by atoms with Crippen molar-refractivity contribution in [1.29, 1.82) is 0 Å². The van der Waals surface area contributed by atoms with E-state index >= 15 is 0 Å². The van der Waals surface area contributed by atoms with Crippen LogP contribution in [0.1, 0.15) is 47.2 Å². The zero-order valence-electron chi connectivity index (χ0n) is 11.3. The first-order valence-electron chi connectivity index (χ1n) is 6.76. The van der Waals surface area contributed by atoms with Crippen LogP contribution in [-0.4, -0.2) is 27.3 Å². The number of hydrogen-bond donors (Lipinski definition) is 3. The Balaban J connectivity index is 2.22. The molecule has 0 bridgehead atoms. The molecule has 3 rings (SSSR count). The molecule has 1 fully saturated rings. The lowest BCUT2D eigenvalue weighted by Gasteiger charge is -2.50. The Labute approximate surface area is 112 Å². The van der Waals surface area contributed by atoms with Gasteiger partial charge in [0.25, 0.3) is 0 Å². The van der Waals surface area contributed by atoms with Crippen LogP contribution in [0.3, 0.4) is 0 Å². The van der Waals surface area contributed by atoms with Crippen molar-refractivity contribution >= 4 is 11.5 Å². The molecule has 0 radical (unpaired) electrons. The van der Waals surface area contributed by atoms with Crippen LogP contribution >= 0.6 is 0 Å². The third kappa shape index (κ3) is 1.56. The van der Waals surface area contributed by atoms with Crippen LogP contribution < -0.4 is 5.32 Å². The first kappa shape index (κ1) is 12.6. The molecule has 1 aromatic carbocycles. The molecular weight excluding hydrogens is 242 g/mol. The molecule has 0 amide bonds. The fourth-order valence-corrected chi connectivity index (χ4v) is 3.38. The van der Waals surface area contributed by atoms with E-state index in [1.165, 1.54) is 0 Å². The van der Waals surface area contributed by atoms with Gasteiger partial charge in [-0.1, -0.05) is 6.07 Å². The standard InChI is InChI=1S/C15H19NO3/c1-9-7-10(2)12-11(8-9)13(17)14(18)5-3-4-6-15(14,19)16-12/h7-8,16,18-19H,3-6H2,1-2H3. The van der Waals surface area contributed by atoms with Crippen molar-refractivity contribution in [3.8, 4) is 0 Å². The second kappa shape index (κ2) is 3.81. The van der Waals surface area contributed by atoms with Crippen molar-refractivity contribution in [2.24, 2.45) is 0 Å². The van der Waals surface area contributed by atoms with Crippen LogP contribution in [0.15, 0.2) is 12.1 Å². The Morgan fingerprint density at radius 3 is 2.58 bits per heavy atom. The summed E-state index contributed by atoms with van der Waals surface area (Å²) in [6, 6.07) is 3.75. The van der Waals surface area contributed by atoms with Gasteiger partial charge >= 0.3 is 0 Å². The van der Waals surface area contributed by atoms with Crippen molar-refractivity contribution in [1.82, 2.24) is 0 Å². The molecule has 2 atom stereocenters. The van der Waals surface area contributed by atoms with Crippen molar-refractivity contribution in [3.05, 3.63) is 28.8 Å². The van der Waals surface area contributed by atoms with Gasteiger partial charge in [0, 0.05) is 5.56 Å². The topological polar surface area (TPSA) is 69.6 Å². The van der Waals surface area contributed by atoms with Gasteiger partial charge in [-0.3, -0.25) is 4.79 Å². The minimum absolute atomic E-state index is 0.307. The minimum atomic E-state index is -1.70. The zero-order valence-corrected chi connectivity index (χ0v) is 11.3. The molecule has 1 aliphatic carbocycles. The lowest BCUT2D eigenvalue weighted by atomic mass is 9.69. The number of ketones is 1. The monoisotopic (exact) mass is 261 g/mol. The number of hydrogen-bond acceptors (Lipinski definition) is 4. The molecule has 2 aliphatic rings. The quantitative estimate of drug-likeness (QED) is 0.667. The fourth-order valence-electron chi connectivity index (χ4n) is 3.38. The summed E-state index contributed by atoms with van der Waals surface area (Å²) in [6.45, 7) is 3.83. The van der Waals surface area contributed by atoms with E-state index in [1.807, 2.05) is 19.9 Å². The van der Waals surface area contributed by atoms with Crippen LogP contribution in [0.2, 0.25) is 0 Å². The molecule has 0 spiro atoms. The van der Waals surface area contributed by atoms with E-state index in [4.69, 9.17) is 0 Å². The summed E-state index contributed by atoms with van der Waals surface area (Å²) in [6.07, 6.45) is 2.26. The molecule has 0 aromatic heterocycles. The van der Waals surface area contributed by atoms with E-state index in [9.17, 15) is 15.0 Å². The van der Waals surface area contributed by atoms with Crippen LogP contribution in [0.4, 0.5) is 5.69 Å². The highest BCUT2D eigenvalue weighted by atomic mass is 16.4. The van der Waals surface area contributed by atoms with Gasteiger partial charge in [-0.25, -0.2) is 0 Å². The molecule has 1 saturated carbocycles. The molecular formula is C15H19NO3. The maximum atomic E-state index is 12.6. The number of carbonyl (C=O) groups excluding carboxylic acids is 1. The maximum absolute atomic E-state index is 12.6. The fraction of sp³-hybridized carbons (Fsp3) is 0.533. The predicted octanol–water partition coefficient (Wildman–Crippen LogP) is 1.91. The Hall–Kier alpha value is -1.39. The number of carbonyl (C=O) groups is 1. The third-order valence-electron chi connectivity index (χ3n) is 4.44. The first-order valence-corrected chi connectivity index (χ1v) is 6.76. The number of aliphatic hydroxyl groups is 2. The van der Waals surface area contributed by atoms with E-state index in [0.717, 1.165) is 24.0 Å². The summed E-state index contributed by atoms with van der Waals surface area (Å²) < 4.78 is 0. The maximum Gasteiger partial charge on any atom is 0.201 e. The van der Waals surface area contributed by atoms with Crippen molar-refractivity contribution in [2.75, 3.05) is 5.32 Å². The Morgan fingerprint density at radius 2 is 1.84 bits per heavy atom. The first-order chi connectivity index (χ1) is 8.87. The SMILES string of the molecule is Cc1cc(C)c2c(c1)C(=O)C1(O)CCCCC1(O)N2. The van der Waals surface area contributed by atoms with Gasteiger partial charge in [0.05, 0.1) is 5.69 Å². The van der Waals surface area contributed by atoms with E-state index in [0.29, 0.717) is 24.1 Å². The molecule has 1 aliphatic heterocycles. The van der Waals surface area contributed by atoms with Gasteiger partial charge in [-0.2, -0.15) is 0 Å². The van der Waals surface area contributed by atoms with Gasteiger partial charge in [-0.15, -0.1) is 0 Å². The smallest absolute Gasteiger partial charge is 0.201 e. The van der Waals surface area contributed by atoms with E-state index in [2.05, 4.69) is 5.32 Å². The van der Waals surface area contributed by atoms with Crippen LogP contribution in [0.5, 0.6) is 0 Å². The molecule has 4 heteroatoms. The Kier molecular flexibility index (Phi) is 2.53. The normalized spacial score (nSPS) is 33.4. The highest BCUT2D eigenvalue weighted by Crippen LogP contribution is 2.46. The second-order valence-corrected chi connectivity index (χ2v) is 5.89. The van der Waals surface area contributed by atoms with Crippen molar-refractivity contribution in [3.63, 3.8) is 0 Å². The largest absolute Gasteiger partial charge is 0.377 e. The molecule has 1 heterocycles. The summed E-state index contributed by atoms with van der Waals surface area (Å²) in [4.78, 5) is 12.6. The highest BCUT2D eigenvalue weighted by Gasteiger charge is 2.59. The summed E-state index contributed by atoms with van der Waals surface area (Å²) in [5.41, 5.74) is -0.176. The van der Waals surface area contributed by atoms with Gasteiger partial charge < -0.3 is 15.5 Å². The highest BCUT2D eigenvalue weighted by molar-refractivity contribution is 6.10.